The number of ketones is 3. The Labute approximate surface area is 445 Å². The molecule has 10 heteroatoms. The molecule has 3 amide bonds. The minimum atomic E-state index is -0.0248. The summed E-state index contributed by atoms with van der Waals surface area (Å²) in [5.74, 6) is 3.40. The first-order chi connectivity index (χ1) is 32.9. The van der Waals surface area contributed by atoms with Crippen molar-refractivity contribution < 1.29 is 45.8 Å². The van der Waals surface area contributed by atoms with Crippen molar-refractivity contribution in [3.8, 4) is 0 Å². The van der Waals surface area contributed by atoms with Crippen molar-refractivity contribution in [2.75, 3.05) is 39.3 Å². The summed E-state index contributed by atoms with van der Waals surface area (Å²) in [6, 6.07) is 0. The molecule has 0 radical (unpaired) electrons. The first kappa shape index (κ1) is 74.5. The van der Waals surface area contributed by atoms with Crippen LogP contribution in [0.15, 0.2) is 0 Å². The first-order valence-electron chi connectivity index (χ1n) is 29.2. The van der Waals surface area contributed by atoms with Crippen LogP contribution >= 0.6 is 0 Å². The summed E-state index contributed by atoms with van der Waals surface area (Å²) in [5.41, 5.74) is 0. The molecule has 0 saturated heterocycles. The van der Waals surface area contributed by atoms with E-state index in [-0.39, 0.29) is 71.4 Å². The number of hydrogen-bond acceptors (Lipinski definition) is 6. The Kier molecular flexibility index (Phi) is 53.7. The van der Waals surface area contributed by atoms with Crippen LogP contribution in [-0.2, 0) is 45.8 Å². The molecule has 0 saturated carbocycles. The topological polar surface area (TPSA) is 112 Å². The Hall–Kier alpha value is -2.06. The van der Waals surface area contributed by atoms with Gasteiger partial charge in [0.1, 0.15) is 17.3 Å². The van der Waals surface area contributed by atoms with Crippen LogP contribution in [0, 0.1) is 35.5 Å². The predicted molar refractivity (Wildman–Crippen MR) is 295 cm³/mol. The summed E-state index contributed by atoms with van der Waals surface area (Å²) in [5, 5.41) is 0. The molecular weight excluding hydrogens is 915 g/mol. The van der Waals surface area contributed by atoms with Gasteiger partial charge in [-0.2, -0.15) is 0 Å². The molecule has 0 heterocycles. The van der Waals surface area contributed by atoms with E-state index in [9.17, 15) is 28.8 Å². The molecule has 0 aromatic heterocycles. The maximum atomic E-state index is 12.5. The molecule has 0 aromatic carbocycles. The van der Waals surface area contributed by atoms with E-state index in [1.54, 1.807) is 0 Å². The Morgan fingerprint density at radius 3 is 0.529 bits per heavy atom. The molecule has 0 N–H and O–H groups in total. The van der Waals surface area contributed by atoms with Gasteiger partial charge in [0.25, 0.3) is 0 Å². The molecule has 0 spiro atoms. The Bertz CT molecular complexity index is 1090. The standard InChI is InChI=1S/3C20H39NO2.Fe/c3*1-6-10-12-18(8-3)15-21(20(23)14-17(5)22)16-19(9-4)13-11-7-2;/h3*18-19H,6-16H2,1-5H3;. The van der Waals surface area contributed by atoms with E-state index in [1.807, 2.05) is 14.7 Å². The fraction of sp³-hybridized carbons (Fsp3) is 0.900. The van der Waals surface area contributed by atoms with Crippen LogP contribution in [0.1, 0.15) is 277 Å². The number of amides is 3. The molecule has 70 heavy (non-hydrogen) atoms. The monoisotopic (exact) mass is 1030 g/mol. The third-order valence-corrected chi connectivity index (χ3v) is 14.4. The number of rotatable bonds is 42. The van der Waals surface area contributed by atoms with Crippen LogP contribution in [-0.4, -0.2) is 89.0 Å². The summed E-state index contributed by atoms with van der Waals surface area (Å²) in [4.78, 5) is 77.6. The summed E-state index contributed by atoms with van der Waals surface area (Å²) in [7, 11) is 0. The van der Waals surface area contributed by atoms with Crippen molar-refractivity contribution in [3.05, 3.63) is 0 Å². The van der Waals surface area contributed by atoms with E-state index in [2.05, 4.69) is 83.1 Å². The van der Waals surface area contributed by atoms with Crippen LogP contribution in [0.3, 0.4) is 0 Å². The summed E-state index contributed by atoms with van der Waals surface area (Å²) < 4.78 is 0. The molecule has 0 fully saturated rings. The number of unbranched alkanes of at least 4 members (excludes halogenated alkanes) is 6. The quantitative estimate of drug-likeness (QED) is 0.0445. The number of hydrogen-bond donors (Lipinski definition) is 0. The van der Waals surface area contributed by atoms with Gasteiger partial charge in [-0.1, -0.05) is 199 Å². The molecule has 9 nitrogen and oxygen atoms in total. The maximum Gasteiger partial charge on any atom is 0.230 e. The van der Waals surface area contributed by atoms with Gasteiger partial charge in [-0.25, -0.2) is 0 Å². The number of nitrogens with zero attached hydrogens (tertiary/aromatic N) is 3. The molecule has 0 rings (SSSR count). The second-order valence-corrected chi connectivity index (χ2v) is 21.0. The molecule has 0 aliphatic carbocycles. The van der Waals surface area contributed by atoms with E-state index in [0.29, 0.717) is 35.5 Å². The largest absolute Gasteiger partial charge is 0.342 e. The predicted octanol–water partition coefficient (Wildman–Crippen LogP) is 15.7. The van der Waals surface area contributed by atoms with Gasteiger partial charge < -0.3 is 14.7 Å². The Morgan fingerprint density at radius 1 is 0.286 bits per heavy atom. The van der Waals surface area contributed by atoms with Gasteiger partial charge in [-0.05, 0) is 94.8 Å². The summed E-state index contributed by atoms with van der Waals surface area (Å²) >= 11 is 0. The zero-order chi connectivity index (χ0) is 53.0. The fourth-order valence-electron chi connectivity index (χ4n) is 9.18. The number of carbonyl (C=O) groups is 6. The van der Waals surface area contributed by atoms with Crippen molar-refractivity contribution in [2.45, 2.75) is 277 Å². The van der Waals surface area contributed by atoms with Crippen molar-refractivity contribution in [2.24, 2.45) is 35.5 Å². The van der Waals surface area contributed by atoms with Crippen molar-refractivity contribution in [1.82, 2.24) is 14.7 Å². The minimum absolute atomic E-state index is 0. The van der Waals surface area contributed by atoms with Crippen molar-refractivity contribution in [1.29, 1.82) is 0 Å². The Balaban J connectivity index is -0.000000463. The SMILES string of the molecule is CCCCC(CC)CN(CC(CC)CCCC)C(=O)CC(C)=O.CCCCC(CC)CN(CC(CC)CCCC)C(=O)CC(C)=O.CCCCC(CC)CN(CC(CC)CCCC)C(=O)CC(C)=O.[Fe]. The fourth-order valence-corrected chi connectivity index (χ4v) is 9.18. The van der Waals surface area contributed by atoms with E-state index in [4.69, 9.17) is 0 Å². The first-order valence-corrected chi connectivity index (χ1v) is 29.2. The number of Topliss-reactive ketones (excluding diaryl/α,β-unsaturated/α-hetero) is 3. The van der Waals surface area contributed by atoms with E-state index in [0.717, 1.165) is 77.8 Å². The molecule has 0 bridgehead atoms. The molecule has 0 aliphatic rings. The summed E-state index contributed by atoms with van der Waals surface area (Å²) in [6.07, 6.45) is 28.5. The second kappa shape index (κ2) is 50.5. The zero-order valence-corrected chi connectivity index (χ0v) is 50.0. The van der Waals surface area contributed by atoms with E-state index >= 15 is 0 Å². The normalized spacial score (nSPS) is 13.4. The average Bonchev–Trinajstić information content (AvgIpc) is 3.32. The van der Waals surface area contributed by atoms with Gasteiger partial charge in [0.2, 0.25) is 17.7 Å². The van der Waals surface area contributed by atoms with Gasteiger partial charge >= 0.3 is 0 Å². The third kappa shape index (κ3) is 41.4. The van der Waals surface area contributed by atoms with Gasteiger partial charge in [0.15, 0.2) is 0 Å². The molecule has 6 unspecified atom stereocenters. The van der Waals surface area contributed by atoms with Crippen LogP contribution in [0.2, 0.25) is 0 Å². The van der Waals surface area contributed by atoms with E-state index in [1.165, 1.54) is 136 Å². The Morgan fingerprint density at radius 2 is 0.429 bits per heavy atom. The van der Waals surface area contributed by atoms with Crippen LogP contribution in [0.4, 0.5) is 0 Å². The molecule has 6 atom stereocenters. The van der Waals surface area contributed by atoms with Crippen LogP contribution in [0.25, 0.3) is 0 Å². The molecular formula is C60H117FeN3O6. The third-order valence-electron chi connectivity index (χ3n) is 14.4. The molecule has 0 aliphatic heterocycles. The zero-order valence-electron chi connectivity index (χ0n) is 48.9. The molecule has 416 valence electrons. The molecule has 0 aromatic rings. The maximum absolute atomic E-state index is 12.5. The number of carbonyl (C=O) groups excluding carboxylic acids is 6. The van der Waals surface area contributed by atoms with Gasteiger partial charge in [-0.3, -0.25) is 28.8 Å². The minimum Gasteiger partial charge on any atom is -0.342 e. The van der Waals surface area contributed by atoms with Gasteiger partial charge in [-0.15, -0.1) is 0 Å². The van der Waals surface area contributed by atoms with E-state index < -0.39 is 0 Å². The average molecular weight is 1030 g/mol. The smallest absolute Gasteiger partial charge is 0.230 e. The summed E-state index contributed by atoms with van der Waals surface area (Å²) in [6.45, 7) is 36.0. The van der Waals surface area contributed by atoms with Crippen molar-refractivity contribution >= 4 is 35.1 Å². The van der Waals surface area contributed by atoms with Gasteiger partial charge in [0, 0.05) is 56.3 Å². The second-order valence-electron chi connectivity index (χ2n) is 21.0. The van der Waals surface area contributed by atoms with Gasteiger partial charge in [0.05, 0.1) is 19.3 Å². The van der Waals surface area contributed by atoms with Crippen LogP contribution in [0.5, 0.6) is 0 Å². The van der Waals surface area contributed by atoms with Crippen LogP contribution < -0.4 is 0 Å². The van der Waals surface area contributed by atoms with Crippen molar-refractivity contribution in [3.63, 3.8) is 0 Å².